The number of ether oxygens (including phenoxy) is 1. The first-order valence-corrected chi connectivity index (χ1v) is 5.26. The number of anilines is 1. The van der Waals surface area contributed by atoms with Crippen LogP contribution in [0.3, 0.4) is 0 Å². The summed E-state index contributed by atoms with van der Waals surface area (Å²) in [6.07, 6.45) is 4.67. The molecule has 6 nitrogen and oxygen atoms in total. The van der Waals surface area contributed by atoms with Crippen LogP contribution >= 0.6 is 0 Å². The molecule has 0 unspecified atom stereocenters. The summed E-state index contributed by atoms with van der Waals surface area (Å²) >= 11 is 0. The fourth-order valence-corrected chi connectivity index (χ4v) is 1.41. The van der Waals surface area contributed by atoms with Gasteiger partial charge in [0.2, 0.25) is 5.88 Å². The summed E-state index contributed by atoms with van der Waals surface area (Å²) in [5.41, 5.74) is 1.29. The highest BCUT2D eigenvalue weighted by atomic mass is 16.5. The molecule has 0 spiro atoms. The van der Waals surface area contributed by atoms with Gasteiger partial charge in [-0.05, 0) is 6.92 Å². The molecule has 2 aromatic rings. The molecule has 0 bridgehead atoms. The quantitative estimate of drug-likeness (QED) is 0.856. The van der Waals surface area contributed by atoms with Gasteiger partial charge in [0.05, 0.1) is 12.8 Å². The van der Waals surface area contributed by atoms with Crippen LogP contribution in [0.15, 0.2) is 24.8 Å². The summed E-state index contributed by atoms with van der Waals surface area (Å²) in [5.74, 6) is 1.21. The number of aromatic nitrogens is 4. The van der Waals surface area contributed by atoms with E-state index < -0.39 is 0 Å². The van der Waals surface area contributed by atoms with E-state index in [-0.39, 0.29) is 0 Å². The van der Waals surface area contributed by atoms with E-state index in [1.807, 2.05) is 13.0 Å². The first kappa shape index (κ1) is 11.3. The van der Waals surface area contributed by atoms with Crippen molar-refractivity contribution in [1.82, 2.24) is 19.9 Å². The van der Waals surface area contributed by atoms with E-state index in [2.05, 4.69) is 25.3 Å². The lowest BCUT2D eigenvalue weighted by molar-refractivity contribution is 0.397. The second-order valence-electron chi connectivity index (χ2n) is 3.23. The molecule has 0 amide bonds. The highest BCUT2D eigenvalue weighted by Crippen LogP contribution is 2.23. The first-order valence-electron chi connectivity index (χ1n) is 5.26. The van der Waals surface area contributed by atoms with E-state index in [4.69, 9.17) is 4.74 Å². The highest BCUT2D eigenvalue weighted by Gasteiger charge is 2.10. The molecule has 0 atom stereocenters. The van der Waals surface area contributed by atoms with E-state index in [1.165, 1.54) is 6.33 Å². The summed E-state index contributed by atoms with van der Waals surface area (Å²) in [7, 11) is 1.56. The third-order valence-electron chi connectivity index (χ3n) is 2.13. The Morgan fingerprint density at radius 2 is 2.00 bits per heavy atom. The number of methoxy groups -OCH3 is 1. The van der Waals surface area contributed by atoms with Gasteiger partial charge in [0.25, 0.3) is 0 Å². The summed E-state index contributed by atoms with van der Waals surface area (Å²) < 4.78 is 5.15. The fourth-order valence-electron chi connectivity index (χ4n) is 1.41. The van der Waals surface area contributed by atoms with E-state index in [0.717, 1.165) is 12.4 Å². The summed E-state index contributed by atoms with van der Waals surface area (Å²) in [6.45, 7) is 2.80. The molecule has 0 saturated heterocycles. The van der Waals surface area contributed by atoms with Crippen molar-refractivity contribution >= 4 is 5.82 Å². The number of rotatable bonds is 4. The lowest BCUT2D eigenvalue weighted by Gasteiger charge is -2.06. The average Bonchev–Trinajstić information content (AvgIpc) is 2.39. The van der Waals surface area contributed by atoms with Gasteiger partial charge in [-0.3, -0.25) is 0 Å². The molecular formula is C11H13N5O. The molecule has 0 aliphatic carbocycles. The van der Waals surface area contributed by atoms with Crippen molar-refractivity contribution in [3.05, 3.63) is 24.8 Å². The first-order chi connectivity index (χ1) is 8.35. The summed E-state index contributed by atoms with van der Waals surface area (Å²) in [5, 5.41) is 3.12. The molecule has 88 valence electrons. The monoisotopic (exact) mass is 231 g/mol. The molecule has 0 aliphatic rings. The van der Waals surface area contributed by atoms with Crippen LogP contribution in [0.1, 0.15) is 6.92 Å². The molecule has 17 heavy (non-hydrogen) atoms. The zero-order chi connectivity index (χ0) is 12.1. The maximum absolute atomic E-state index is 5.15. The van der Waals surface area contributed by atoms with Crippen molar-refractivity contribution in [3.63, 3.8) is 0 Å². The molecular weight excluding hydrogens is 218 g/mol. The number of hydrogen-bond acceptors (Lipinski definition) is 6. The molecule has 0 saturated carbocycles. The maximum atomic E-state index is 5.15. The molecule has 6 heteroatoms. The number of hydrogen-bond donors (Lipinski definition) is 1. The largest absolute Gasteiger partial charge is 0.479 e. The minimum Gasteiger partial charge on any atom is -0.479 e. The number of nitrogens with zero attached hydrogens (tertiary/aromatic N) is 4. The predicted molar refractivity (Wildman–Crippen MR) is 63.8 cm³/mol. The second-order valence-corrected chi connectivity index (χ2v) is 3.23. The molecule has 2 heterocycles. The molecule has 2 rings (SSSR count). The van der Waals surface area contributed by atoms with Crippen LogP contribution in [0.25, 0.3) is 11.4 Å². The Hall–Kier alpha value is -2.24. The van der Waals surface area contributed by atoms with Gasteiger partial charge >= 0.3 is 0 Å². The minimum atomic E-state index is 0.452. The molecule has 0 aromatic carbocycles. The van der Waals surface area contributed by atoms with Crippen LogP contribution in [0.2, 0.25) is 0 Å². The van der Waals surface area contributed by atoms with E-state index in [9.17, 15) is 0 Å². The van der Waals surface area contributed by atoms with Crippen molar-refractivity contribution in [2.75, 3.05) is 19.0 Å². The highest BCUT2D eigenvalue weighted by molar-refractivity contribution is 5.62. The van der Waals surface area contributed by atoms with Crippen molar-refractivity contribution in [3.8, 4) is 17.3 Å². The van der Waals surface area contributed by atoms with Gasteiger partial charge in [-0.25, -0.2) is 19.9 Å². The van der Waals surface area contributed by atoms with Crippen molar-refractivity contribution in [1.29, 1.82) is 0 Å². The fraction of sp³-hybridized carbons (Fsp3) is 0.273. The SMILES string of the molecule is CCNc1cc(-c2nccnc2OC)ncn1. The van der Waals surface area contributed by atoms with Crippen LogP contribution in [0.5, 0.6) is 5.88 Å². The standard InChI is InChI=1S/C11H13N5O/c1-3-12-9-6-8(15-7-16-9)10-11(17-2)14-5-4-13-10/h4-7H,3H2,1-2H3,(H,12,15,16). The van der Waals surface area contributed by atoms with Gasteiger partial charge in [-0.2, -0.15) is 0 Å². The molecule has 0 radical (unpaired) electrons. The Labute approximate surface area is 99.1 Å². The molecule has 2 aromatic heterocycles. The third kappa shape index (κ3) is 2.47. The summed E-state index contributed by atoms with van der Waals surface area (Å²) in [4.78, 5) is 16.6. The Morgan fingerprint density at radius 3 is 2.76 bits per heavy atom. The zero-order valence-corrected chi connectivity index (χ0v) is 9.71. The second kappa shape index (κ2) is 5.20. The Balaban J connectivity index is 2.41. The van der Waals surface area contributed by atoms with Crippen LogP contribution in [-0.4, -0.2) is 33.6 Å². The van der Waals surface area contributed by atoms with Gasteiger partial charge in [0, 0.05) is 25.0 Å². The van der Waals surface area contributed by atoms with Crippen molar-refractivity contribution in [2.45, 2.75) is 6.92 Å². The van der Waals surface area contributed by atoms with E-state index in [1.54, 1.807) is 19.5 Å². The Kier molecular flexibility index (Phi) is 3.44. The van der Waals surface area contributed by atoms with Gasteiger partial charge in [0.1, 0.15) is 12.1 Å². The van der Waals surface area contributed by atoms with E-state index >= 15 is 0 Å². The maximum Gasteiger partial charge on any atom is 0.241 e. The smallest absolute Gasteiger partial charge is 0.241 e. The lowest BCUT2D eigenvalue weighted by atomic mass is 10.3. The topological polar surface area (TPSA) is 72.8 Å². The van der Waals surface area contributed by atoms with Gasteiger partial charge in [-0.15, -0.1) is 0 Å². The van der Waals surface area contributed by atoms with Crippen molar-refractivity contribution in [2.24, 2.45) is 0 Å². The molecule has 1 N–H and O–H groups in total. The van der Waals surface area contributed by atoms with E-state index in [0.29, 0.717) is 17.3 Å². The Bertz CT molecular complexity index is 503. The van der Waals surface area contributed by atoms with Crippen molar-refractivity contribution < 1.29 is 4.74 Å². The van der Waals surface area contributed by atoms with Gasteiger partial charge in [0.15, 0.2) is 5.69 Å². The van der Waals surface area contributed by atoms with Crippen LogP contribution in [-0.2, 0) is 0 Å². The van der Waals surface area contributed by atoms with Crippen LogP contribution in [0.4, 0.5) is 5.82 Å². The van der Waals surface area contributed by atoms with Crippen LogP contribution < -0.4 is 10.1 Å². The van der Waals surface area contributed by atoms with Gasteiger partial charge in [-0.1, -0.05) is 0 Å². The molecule has 0 fully saturated rings. The third-order valence-corrected chi connectivity index (χ3v) is 2.13. The van der Waals surface area contributed by atoms with Crippen LogP contribution in [0, 0.1) is 0 Å². The number of nitrogens with one attached hydrogen (secondary N) is 1. The predicted octanol–water partition coefficient (Wildman–Crippen LogP) is 1.37. The van der Waals surface area contributed by atoms with Gasteiger partial charge < -0.3 is 10.1 Å². The minimum absolute atomic E-state index is 0.452. The lowest BCUT2D eigenvalue weighted by Crippen LogP contribution is -2.01. The zero-order valence-electron chi connectivity index (χ0n) is 9.71. The Morgan fingerprint density at radius 1 is 1.18 bits per heavy atom. The average molecular weight is 231 g/mol. The summed E-state index contributed by atoms with van der Waals surface area (Å²) in [6, 6.07) is 1.82. The normalized spacial score (nSPS) is 10.0. The molecule has 0 aliphatic heterocycles.